The van der Waals surface area contributed by atoms with E-state index >= 15 is 0 Å². The highest BCUT2D eigenvalue weighted by Gasteiger charge is 2.31. The Morgan fingerprint density at radius 2 is 1.73 bits per heavy atom. The van der Waals surface area contributed by atoms with E-state index in [9.17, 15) is 0 Å². The summed E-state index contributed by atoms with van der Waals surface area (Å²) in [4.78, 5) is 6.76. The first-order valence-electron chi connectivity index (χ1n) is 9.94. The minimum atomic E-state index is 0.197. The van der Waals surface area contributed by atoms with E-state index in [1.807, 2.05) is 61.2 Å². The van der Waals surface area contributed by atoms with Crippen molar-refractivity contribution in [2.24, 2.45) is 0 Å². The number of aromatic nitrogens is 1. The van der Waals surface area contributed by atoms with Crippen LogP contribution in [0.3, 0.4) is 0 Å². The Balaban J connectivity index is 1.50. The molecule has 3 aromatic rings. The number of hydrogen-bond donors (Lipinski definition) is 0. The summed E-state index contributed by atoms with van der Waals surface area (Å²) in [5, 5.41) is 0.197. The Kier molecular flexibility index (Phi) is 6.45. The maximum atomic E-state index is 5.92. The molecule has 2 aromatic carbocycles. The van der Waals surface area contributed by atoms with Crippen molar-refractivity contribution in [3.63, 3.8) is 0 Å². The van der Waals surface area contributed by atoms with Crippen molar-refractivity contribution in [1.29, 1.82) is 0 Å². The molecule has 1 atom stereocenters. The second-order valence-electron chi connectivity index (χ2n) is 7.14. The number of benzene rings is 2. The Hall–Kier alpha value is -2.70. The fourth-order valence-corrected chi connectivity index (χ4v) is 5.00. The summed E-state index contributed by atoms with van der Waals surface area (Å²) in [6.07, 6.45) is 1.74. The minimum absolute atomic E-state index is 0.197. The molecule has 0 amide bonds. The molecular formula is C24H26N2O3S. The van der Waals surface area contributed by atoms with Gasteiger partial charge in [0, 0.05) is 30.6 Å². The molecule has 156 valence electrons. The van der Waals surface area contributed by atoms with Crippen molar-refractivity contribution in [3.8, 4) is 23.1 Å². The first-order chi connectivity index (χ1) is 14.7. The molecule has 1 saturated heterocycles. The van der Waals surface area contributed by atoms with Crippen LogP contribution in [0.15, 0.2) is 60.8 Å². The highest BCUT2D eigenvalue weighted by atomic mass is 32.2. The summed E-state index contributed by atoms with van der Waals surface area (Å²) in [5.74, 6) is 4.25. The van der Waals surface area contributed by atoms with Crippen LogP contribution in [0.5, 0.6) is 23.1 Å². The number of hydrogen-bond acceptors (Lipinski definition) is 6. The van der Waals surface area contributed by atoms with Crippen LogP contribution in [-0.4, -0.2) is 36.4 Å². The Morgan fingerprint density at radius 1 is 1.00 bits per heavy atom. The lowest BCUT2D eigenvalue weighted by Gasteiger charge is -2.26. The molecular weight excluding hydrogens is 396 g/mol. The molecule has 4 rings (SSSR count). The first-order valence-corrected chi connectivity index (χ1v) is 11.0. The largest absolute Gasteiger partial charge is 0.496 e. The fourth-order valence-electron chi connectivity index (χ4n) is 3.64. The van der Waals surface area contributed by atoms with Gasteiger partial charge in [-0.1, -0.05) is 24.3 Å². The average molecular weight is 423 g/mol. The standard InChI is InChI=1S/C24H26N2O3S/c1-17-6-5-13-25-23(17)29-19-11-9-18(10-12-19)16-26-14-15-30-24(26)22-20(27-2)7-4-8-21(22)28-3/h4-13,24H,14-16H2,1-3H3. The molecule has 0 radical (unpaired) electrons. The zero-order valence-electron chi connectivity index (χ0n) is 17.5. The summed E-state index contributed by atoms with van der Waals surface area (Å²) in [7, 11) is 3.43. The first kappa shape index (κ1) is 20.6. The summed E-state index contributed by atoms with van der Waals surface area (Å²) in [6.45, 7) is 3.86. The predicted octanol–water partition coefficient (Wildman–Crippen LogP) is 5.45. The predicted molar refractivity (Wildman–Crippen MR) is 121 cm³/mol. The van der Waals surface area contributed by atoms with Gasteiger partial charge in [-0.2, -0.15) is 0 Å². The Labute approximate surface area is 182 Å². The highest BCUT2D eigenvalue weighted by Crippen LogP contribution is 2.46. The number of ether oxygens (including phenoxy) is 3. The van der Waals surface area contributed by atoms with E-state index in [0.717, 1.165) is 47.2 Å². The van der Waals surface area contributed by atoms with Crippen LogP contribution in [0.25, 0.3) is 0 Å². The average Bonchev–Trinajstić information content (AvgIpc) is 3.23. The van der Waals surface area contributed by atoms with Crippen LogP contribution < -0.4 is 14.2 Å². The molecule has 30 heavy (non-hydrogen) atoms. The van der Waals surface area contributed by atoms with Gasteiger partial charge in [-0.05, 0) is 42.8 Å². The third kappa shape index (κ3) is 4.40. The van der Waals surface area contributed by atoms with Gasteiger partial charge in [0.15, 0.2) is 0 Å². The molecule has 1 aliphatic rings. The zero-order chi connectivity index (χ0) is 20.9. The molecule has 1 aliphatic heterocycles. The van der Waals surface area contributed by atoms with Gasteiger partial charge in [0.1, 0.15) is 17.2 Å². The maximum absolute atomic E-state index is 5.92. The van der Waals surface area contributed by atoms with Gasteiger partial charge in [-0.15, -0.1) is 11.8 Å². The van der Waals surface area contributed by atoms with Crippen molar-refractivity contribution in [2.75, 3.05) is 26.5 Å². The van der Waals surface area contributed by atoms with E-state index in [-0.39, 0.29) is 5.37 Å². The topological polar surface area (TPSA) is 43.8 Å². The van der Waals surface area contributed by atoms with Crippen LogP contribution in [-0.2, 0) is 6.54 Å². The smallest absolute Gasteiger partial charge is 0.222 e. The summed E-state index contributed by atoms with van der Waals surface area (Å²) >= 11 is 1.92. The van der Waals surface area contributed by atoms with Crippen molar-refractivity contribution >= 4 is 11.8 Å². The molecule has 0 spiro atoms. The van der Waals surface area contributed by atoms with Gasteiger partial charge < -0.3 is 14.2 Å². The molecule has 5 nitrogen and oxygen atoms in total. The SMILES string of the molecule is COc1cccc(OC)c1C1SCCN1Cc1ccc(Oc2ncccc2C)cc1. The fraction of sp³-hybridized carbons (Fsp3) is 0.292. The van der Waals surface area contributed by atoms with Gasteiger partial charge in [0.25, 0.3) is 0 Å². The van der Waals surface area contributed by atoms with Gasteiger partial charge in [0.05, 0.1) is 25.2 Å². The zero-order valence-corrected chi connectivity index (χ0v) is 18.3. The van der Waals surface area contributed by atoms with Gasteiger partial charge in [0.2, 0.25) is 5.88 Å². The quantitative estimate of drug-likeness (QED) is 0.505. The highest BCUT2D eigenvalue weighted by molar-refractivity contribution is 7.99. The number of methoxy groups -OCH3 is 2. The number of aryl methyl sites for hydroxylation is 1. The van der Waals surface area contributed by atoms with Crippen LogP contribution in [0, 0.1) is 6.92 Å². The third-order valence-electron chi connectivity index (χ3n) is 5.18. The molecule has 0 bridgehead atoms. The van der Waals surface area contributed by atoms with Gasteiger partial charge >= 0.3 is 0 Å². The third-order valence-corrected chi connectivity index (χ3v) is 6.45. The maximum Gasteiger partial charge on any atom is 0.222 e. The van der Waals surface area contributed by atoms with Crippen molar-refractivity contribution < 1.29 is 14.2 Å². The van der Waals surface area contributed by atoms with E-state index in [1.54, 1.807) is 20.4 Å². The molecule has 0 aliphatic carbocycles. The summed E-state index contributed by atoms with van der Waals surface area (Å²) < 4.78 is 17.2. The molecule has 0 saturated carbocycles. The number of nitrogens with zero attached hydrogens (tertiary/aromatic N) is 2. The van der Waals surface area contributed by atoms with Crippen LogP contribution >= 0.6 is 11.8 Å². The molecule has 0 N–H and O–H groups in total. The van der Waals surface area contributed by atoms with Gasteiger partial charge in [-0.25, -0.2) is 4.98 Å². The van der Waals surface area contributed by atoms with E-state index < -0.39 is 0 Å². The minimum Gasteiger partial charge on any atom is -0.496 e. The number of thioether (sulfide) groups is 1. The second-order valence-corrected chi connectivity index (χ2v) is 8.33. The molecule has 1 aromatic heterocycles. The number of pyridine rings is 1. The Bertz CT molecular complexity index is 972. The van der Waals surface area contributed by atoms with E-state index in [0.29, 0.717) is 5.88 Å². The lowest BCUT2D eigenvalue weighted by Crippen LogP contribution is -2.23. The summed E-state index contributed by atoms with van der Waals surface area (Å²) in [6, 6.07) is 18.1. The Morgan fingerprint density at radius 3 is 2.40 bits per heavy atom. The van der Waals surface area contributed by atoms with Gasteiger partial charge in [-0.3, -0.25) is 4.90 Å². The van der Waals surface area contributed by atoms with Crippen molar-refractivity contribution in [1.82, 2.24) is 9.88 Å². The summed E-state index contributed by atoms with van der Waals surface area (Å²) in [5.41, 5.74) is 3.36. The molecule has 1 unspecified atom stereocenters. The number of rotatable bonds is 7. The molecule has 2 heterocycles. The normalized spacial score (nSPS) is 16.4. The van der Waals surface area contributed by atoms with Crippen molar-refractivity contribution in [2.45, 2.75) is 18.8 Å². The van der Waals surface area contributed by atoms with Crippen LogP contribution in [0.4, 0.5) is 0 Å². The van der Waals surface area contributed by atoms with E-state index in [2.05, 4.69) is 22.0 Å². The lowest BCUT2D eigenvalue weighted by molar-refractivity contribution is 0.269. The lowest BCUT2D eigenvalue weighted by atomic mass is 10.1. The van der Waals surface area contributed by atoms with Crippen molar-refractivity contribution in [3.05, 3.63) is 77.5 Å². The molecule has 1 fully saturated rings. The monoisotopic (exact) mass is 422 g/mol. The van der Waals surface area contributed by atoms with E-state index in [1.165, 1.54) is 5.56 Å². The van der Waals surface area contributed by atoms with Crippen LogP contribution in [0.1, 0.15) is 22.1 Å². The van der Waals surface area contributed by atoms with Crippen LogP contribution in [0.2, 0.25) is 0 Å². The van der Waals surface area contributed by atoms with E-state index in [4.69, 9.17) is 14.2 Å². The molecule has 6 heteroatoms. The second kappa shape index (κ2) is 9.41.